The van der Waals surface area contributed by atoms with Gasteiger partial charge in [0.15, 0.2) is 5.78 Å². The molecule has 1 N–H and O–H groups in total. The topological polar surface area (TPSA) is 71.8 Å². The molecule has 30 heavy (non-hydrogen) atoms. The van der Waals surface area contributed by atoms with E-state index in [1.807, 2.05) is 38.1 Å². The van der Waals surface area contributed by atoms with E-state index in [0.29, 0.717) is 5.22 Å². The number of para-hydroxylation sites is 1. The zero-order valence-electron chi connectivity index (χ0n) is 17.5. The zero-order valence-corrected chi connectivity index (χ0v) is 18.3. The van der Waals surface area contributed by atoms with Gasteiger partial charge in [-0.3, -0.25) is 4.79 Å². The summed E-state index contributed by atoms with van der Waals surface area (Å²) >= 11 is 1.39. The highest BCUT2D eigenvalue weighted by Crippen LogP contribution is 2.60. The summed E-state index contributed by atoms with van der Waals surface area (Å²) in [6.45, 7) is 3.89. The maximum absolute atomic E-state index is 13.2. The molecular weight excluding hydrogens is 394 g/mol. The molecule has 2 aromatic heterocycles. The number of hydrogen-bond acceptors (Lipinski definition) is 5. The number of ketones is 1. The summed E-state index contributed by atoms with van der Waals surface area (Å²) in [7, 11) is 0. The molecule has 156 valence electrons. The first-order valence-electron chi connectivity index (χ1n) is 11.1. The third-order valence-electron chi connectivity index (χ3n) is 7.69. The number of nitrogens with zero attached hydrogens (tertiary/aromatic N) is 2. The SMILES string of the molecule is Cc1[nH]c2ccccc2c1C(=O)[C@@H](C)Sc1nnc(C23CC4CC(CC(C4)C2)C3)o1. The molecule has 5 nitrogen and oxygen atoms in total. The fraction of sp³-hybridized carbons (Fsp3) is 0.542. The Bertz CT molecular complexity index is 1100. The lowest BCUT2D eigenvalue weighted by Gasteiger charge is -2.55. The highest BCUT2D eigenvalue weighted by atomic mass is 32.2. The van der Waals surface area contributed by atoms with E-state index in [0.717, 1.165) is 45.8 Å². The first kappa shape index (κ1) is 18.7. The van der Waals surface area contributed by atoms with Crippen molar-refractivity contribution in [3.8, 4) is 0 Å². The van der Waals surface area contributed by atoms with Crippen molar-refractivity contribution >= 4 is 28.4 Å². The Kier molecular flexibility index (Phi) is 4.18. The lowest BCUT2D eigenvalue weighted by atomic mass is 9.49. The number of rotatable bonds is 5. The molecule has 2 heterocycles. The van der Waals surface area contributed by atoms with Crippen LogP contribution in [0.25, 0.3) is 10.9 Å². The van der Waals surface area contributed by atoms with Crippen molar-refractivity contribution < 1.29 is 9.21 Å². The summed E-state index contributed by atoms with van der Waals surface area (Å²) in [6.07, 6.45) is 7.79. The van der Waals surface area contributed by atoms with E-state index in [1.165, 1.54) is 50.3 Å². The van der Waals surface area contributed by atoms with Gasteiger partial charge in [0.2, 0.25) is 5.89 Å². The van der Waals surface area contributed by atoms with Gasteiger partial charge in [-0.15, -0.1) is 10.2 Å². The number of H-pyrrole nitrogens is 1. The van der Waals surface area contributed by atoms with Crippen molar-refractivity contribution in [3.05, 3.63) is 41.4 Å². The van der Waals surface area contributed by atoms with Crippen LogP contribution in [0.5, 0.6) is 0 Å². The van der Waals surface area contributed by atoms with Crippen LogP contribution in [0.15, 0.2) is 33.9 Å². The van der Waals surface area contributed by atoms with Crippen LogP contribution in [-0.2, 0) is 5.41 Å². The van der Waals surface area contributed by atoms with Crippen molar-refractivity contribution in [2.75, 3.05) is 0 Å². The second kappa shape index (κ2) is 6.71. The average molecular weight is 422 g/mol. The van der Waals surface area contributed by atoms with Crippen molar-refractivity contribution in [2.24, 2.45) is 17.8 Å². The standard InChI is InChI=1S/C24H27N3O2S/c1-13-20(18-5-3-4-6-19(18)25-13)21(28)14(2)30-23-27-26-22(29-23)24-10-15-7-16(11-24)9-17(8-15)12-24/h3-6,14-17,25H,7-12H2,1-2H3/t14-,15?,16?,17?,24?/m1/s1. The molecule has 1 aromatic carbocycles. The van der Waals surface area contributed by atoms with Gasteiger partial charge >= 0.3 is 0 Å². The van der Waals surface area contributed by atoms with Crippen LogP contribution < -0.4 is 0 Å². The van der Waals surface area contributed by atoms with E-state index >= 15 is 0 Å². The smallest absolute Gasteiger partial charge is 0.277 e. The third-order valence-corrected chi connectivity index (χ3v) is 8.62. The number of fused-ring (bicyclic) bond motifs is 1. The summed E-state index contributed by atoms with van der Waals surface area (Å²) in [5.74, 6) is 3.44. The number of hydrogen-bond donors (Lipinski definition) is 1. The molecule has 0 unspecified atom stereocenters. The van der Waals surface area contributed by atoms with E-state index in [2.05, 4.69) is 15.2 Å². The Morgan fingerprint density at radius 3 is 2.50 bits per heavy atom. The van der Waals surface area contributed by atoms with Crippen molar-refractivity contribution in [1.29, 1.82) is 0 Å². The molecule has 4 bridgehead atoms. The molecule has 4 aliphatic carbocycles. The van der Waals surface area contributed by atoms with Crippen molar-refractivity contribution in [2.45, 2.75) is 68.3 Å². The van der Waals surface area contributed by atoms with Crippen LogP contribution in [0, 0.1) is 24.7 Å². The molecule has 0 radical (unpaired) electrons. The molecule has 4 saturated carbocycles. The van der Waals surface area contributed by atoms with Gasteiger partial charge in [-0.1, -0.05) is 30.0 Å². The average Bonchev–Trinajstić information content (AvgIpc) is 3.30. The van der Waals surface area contributed by atoms with Gasteiger partial charge in [-0.05, 0) is 76.2 Å². The predicted octanol–water partition coefficient (Wildman–Crippen LogP) is 5.69. The van der Waals surface area contributed by atoms with Crippen molar-refractivity contribution in [1.82, 2.24) is 15.2 Å². The van der Waals surface area contributed by atoms with Gasteiger partial charge in [0.05, 0.1) is 5.25 Å². The quantitative estimate of drug-likeness (QED) is 0.423. The van der Waals surface area contributed by atoms with Crippen LogP contribution >= 0.6 is 11.8 Å². The molecule has 3 aromatic rings. The minimum atomic E-state index is -0.285. The molecule has 0 saturated heterocycles. The molecule has 1 atom stereocenters. The van der Waals surface area contributed by atoms with Crippen LogP contribution in [0.3, 0.4) is 0 Å². The summed E-state index contributed by atoms with van der Waals surface area (Å²) in [4.78, 5) is 16.6. The van der Waals surface area contributed by atoms with E-state index in [4.69, 9.17) is 4.42 Å². The van der Waals surface area contributed by atoms with Gasteiger partial charge in [-0.2, -0.15) is 0 Å². The normalized spacial score (nSPS) is 30.8. The van der Waals surface area contributed by atoms with Crippen LogP contribution in [-0.4, -0.2) is 26.2 Å². The highest BCUT2D eigenvalue weighted by molar-refractivity contribution is 8.00. The van der Waals surface area contributed by atoms with Crippen LogP contribution in [0.1, 0.15) is 67.4 Å². The number of carbonyl (C=O) groups is 1. The molecule has 4 fully saturated rings. The molecule has 0 spiro atoms. The number of aryl methyl sites for hydroxylation is 1. The predicted molar refractivity (Wildman–Crippen MR) is 117 cm³/mol. The van der Waals surface area contributed by atoms with E-state index in [1.54, 1.807) is 0 Å². The maximum Gasteiger partial charge on any atom is 0.277 e. The molecule has 0 aliphatic heterocycles. The number of aromatic nitrogens is 3. The number of benzene rings is 1. The number of nitrogens with one attached hydrogen (secondary N) is 1. The minimum absolute atomic E-state index is 0.0984. The number of carbonyl (C=O) groups excluding carboxylic acids is 1. The minimum Gasteiger partial charge on any atom is -0.415 e. The van der Waals surface area contributed by atoms with Gasteiger partial charge in [0.25, 0.3) is 5.22 Å². The molecule has 7 rings (SSSR count). The first-order valence-corrected chi connectivity index (χ1v) is 12.0. The monoisotopic (exact) mass is 421 g/mol. The summed E-state index contributed by atoms with van der Waals surface area (Å²) < 4.78 is 6.21. The van der Waals surface area contributed by atoms with Crippen LogP contribution in [0.2, 0.25) is 0 Å². The second-order valence-corrected chi connectivity index (χ2v) is 11.2. The Morgan fingerprint density at radius 1 is 1.13 bits per heavy atom. The lowest BCUT2D eigenvalue weighted by Crippen LogP contribution is -2.48. The van der Waals surface area contributed by atoms with Gasteiger partial charge in [0, 0.05) is 27.6 Å². The lowest BCUT2D eigenvalue weighted by molar-refractivity contribution is -0.0191. The Morgan fingerprint density at radius 2 is 1.80 bits per heavy atom. The Balaban J connectivity index is 1.23. The van der Waals surface area contributed by atoms with E-state index in [9.17, 15) is 4.79 Å². The third kappa shape index (κ3) is 2.87. The summed E-state index contributed by atoms with van der Waals surface area (Å²) in [5.41, 5.74) is 2.78. The number of thioether (sulfide) groups is 1. The molecule has 6 heteroatoms. The summed E-state index contributed by atoms with van der Waals surface area (Å²) in [6, 6.07) is 7.96. The number of aromatic amines is 1. The fourth-order valence-electron chi connectivity index (χ4n) is 6.85. The van der Waals surface area contributed by atoms with Crippen molar-refractivity contribution in [3.63, 3.8) is 0 Å². The fourth-order valence-corrected chi connectivity index (χ4v) is 7.59. The van der Waals surface area contributed by atoms with Gasteiger partial charge in [-0.25, -0.2) is 0 Å². The van der Waals surface area contributed by atoms with E-state index < -0.39 is 0 Å². The first-order chi connectivity index (χ1) is 14.5. The zero-order chi connectivity index (χ0) is 20.5. The largest absolute Gasteiger partial charge is 0.415 e. The molecule has 4 aliphatic rings. The number of Topliss-reactive ketones (excluding diaryl/α,β-unsaturated/α-hetero) is 1. The molecule has 0 amide bonds. The van der Waals surface area contributed by atoms with Gasteiger partial charge in [0.1, 0.15) is 0 Å². The summed E-state index contributed by atoms with van der Waals surface area (Å²) in [5, 5.41) is 10.1. The second-order valence-electron chi connectivity index (χ2n) is 9.87. The molecular formula is C24H27N3O2S. The van der Waals surface area contributed by atoms with Crippen LogP contribution in [0.4, 0.5) is 0 Å². The Hall–Kier alpha value is -2.08. The highest BCUT2D eigenvalue weighted by Gasteiger charge is 2.54. The van der Waals surface area contributed by atoms with E-state index in [-0.39, 0.29) is 16.4 Å². The van der Waals surface area contributed by atoms with Gasteiger partial charge < -0.3 is 9.40 Å². The Labute approximate surface area is 180 Å². The maximum atomic E-state index is 13.2.